The summed E-state index contributed by atoms with van der Waals surface area (Å²) in [5.41, 5.74) is 0.911. The van der Waals surface area contributed by atoms with E-state index < -0.39 is 34.1 Å². The molecule has 4 aromatic carbocycles. The first kappa shape index (κ1) is 34.3. The van der Waals surface area contributed by atoms with Crippen molar-refractivity contribution in [2.24, 2.45) is 0 Å². The number of halogens is 3. The van der Waals surface area contributed by atoms with Gasteiger partial charge in [0.1, 0.15) is 12.6 Å². The summed E-state index contributed by atoms with van der Waals surface area (Å²) in [6.07, 6.45) is 0.179. The van der Waals surface area contributed by atoms with Crippen LogP contribution in [0.25, 0.3) is 0 Å². The predicted octanol–water partition coefficient (Wildman–Crippen LogP) is 7.40. The summed E-state index contributed by atoms with van der Waals surface area (Å²) < 4.78 is 29.1. The van der Waals surface area contributed by atoms with Crippen molar-refractivity contribution in [3.63, 3.8) is 0 Å². The van der Waals surface area contributed by atoms with Gasteiger partial charge in [0, 0.05) is 28.5 Å². The number of nitrogens with zero attached hydrogens (tertiary/aromatic N) is 2. The van der Waals surface area contributed by atoms with Crippen LogP contribution in [0.2, 0.25) is 15.1 Å². The van der Waals surface area contributed by atoms with Crippen LogP contribution in [0.5, 0.6) is 0 Å². The van der Waals surface area contributed by atoms with Gasteiger partial charge in [0.25, 0.3) is 10.0 Å². The molecule has 0 heterocycles. The zero-order valence-corrected chi connectivity index (χ0v) is 28.2. The minimum atomic E-state index is -4.31. The highest BCUT2D eigenvalue weighted by molar-refractivity contribution is 7.92. The summed E-state index contributed by atoms with van der Waals surface area (Å²) in [7, 11) is -4.31. The van der Waals surface area contributed by atoms with Crippen molar-refractivity contribution in [3.05, 3.63) is 129 Å². The van der Waals surface area contributed by atoms with Crippen molar-refractivity contribution < 1.29 is 18.0 Å². The maximum atomic E-state index is 14.5. The lowest BCUT2D eigenvalue weighted by atomic mass is 10.0. The number of nitrogens with one attached hydrogen (secondary N) is 1. The number of carbonyl (C=O) groups is 2. The van der Waals surface area contributed by atoms with E-state index in [0.29, 0.717) is 10.6 Å². The zero-order chi connectivity index (χ0) is 32.8. The van der Waals surface area contributed by atoms with Gasteiger partial charge in [-0.3, -0.25) is 13.9 Å². The van der Waals surface area contributed by atoms with E-state index in [-0.39, 0.29) is 39.5 Å². The number of sulfonamides is 1. The molecule has 0 aliphatic heterocycles. The third-order valence-corrected chi connectivity index (χ3v) is 9.36. The molecular weight excluding hydrogens is 653 g/mol. The molecule has 4 rings (SSSR count). The lowest BCUT2D eigenvalue weighted by Gasteiger charge is -2.35. The van der Waals surface area contributed by atoms with Gasteiger partial charge in [-0.2, -0.15) is 0 Å². The second-order valence-electron chi connectivity index (χ2n) is 11.5. The van der Waals surface area contributed by atoms with E-state index in [1.165, 1.54) is 35.2 Å². The average Bonchev–Trinajstić information content (AvgIpc) is 2.99. The first-order valence-corrected chi connectivity index (χ1v) is 16.7. The number of anilines is 1. The molecule has 0 aromatic heterocycles. The summed E-state index contributed by atoms with van der Waals surface area (Å²) in [5.74, 6) is -1.02. The molecule has 11 heteroatoms. The number of rotatable bonds is 11. The highest BCUT2D eigenvalue weighted by Gasteiger charge is 2.36. The molecule has 236 valence electrons. The highest BCUT2D eigenvalue weighted by Crippen LogP contribution is 2.33. The fourth-order valence-corrected chi connectivity index (χ4v) is 6.84. The second-order valence-corrected chi connectivity index (χ2v) is 14.7. The van der Waals surface area contributed by atoms with Crippen LogP contribution in [0.3, 0.4) is 0 Å². The van der Waals surface area contributed by atoms with E-state index >= 15 is 0 Å². The Morgan fingerprint density at radius 3 is 2.00 bits per heavy atom. The van der Waals surface area contributed by atoms with Gasteiger partial charge >= 0.3 is 0 Å². The van der Waals surface area contributed by atoms with E-state index in [9.17, 15) is 18.0 Å². The van der Waals surface area contributed by atoms with Gasteiger partial charge in [-0.1, -0.05) is 95.5 Å². The number of benzene rings is 4. The fraction of sp³-hybridized carbons (Fsp3) is 0.235. The number of hydrogen-bond acceptors (Lipinski definition) is 4. The fourth-order valence-electron chi connectivity index (χ4n) is 4.75. The van der Waals surface area contributed by atoms with Crippen molar-refractivity contribution >= 4 is 62.3 Å². The van der Waals surface area contributed by atoms with Crippen molar-refractivity contribution in [3.8, 4) is 0 Å². The topological polar surface area (TPSA) is 86.8 Å². The van der Waals surface area contributed by atoms with Gasteiger partial charge in [0.05, 0.1) is 15.6 Å². The molecule has 0 radical (unpaired) electrons. The SMILES string of the molecule is CC(C)(C)NC(=O)[C@H](Cc1ccccc1)N(Cc1cccc(Cl)c1)C(=O)CN(c1cc(Cl)ccc1Cl)S(=O)(=O)c1ccccc1. The van der Waals surface area contributed by atoms with E-state index in [1.807, 2.05) is 51.1 Å². The standard InChI is InChI=1S/C34H34Cl3N3O4S/c1-34(2,3)38-33(42)31(20-24-11-6-4-7-12-24)39(22-25-13-10-14-26(35)19-25)32(41)23-40(30-21-27(36)17-18-29(30)37)45(43,44)28-15-8-5-9-16-28/h4-19,21,31H,20,22-23H2,1-3H3,(H,38,42)/t31-/m0/s1. The van der Waals surface area contributed by atoms with Gasteiger partial charge in [0.2, 0.25) is 11.8 Å². The van der Waals surface area contributed by atoms with Crippen LogP contribution < -0.4 is 9.62 Å². The lowest BCUT2D eigenvalue weighted by Crippen LogP contribution is -2.56. The molecule has 45 heavy (non-hydrogen) atoms. The van der Waals surface area contributed by atoms with Crippen molar-refractivity contribution in [1.29, 1.82) is 0 Å². The molecule has 0 aliphatic rings. The summed E-state index contributed by atoms with van der Waals surface area (Å²) >= 11 is 19.1. The van der Waals surface area contributed by atoms with E-state index in [2.05, 4.69) is 5.32 Å². The smallest absolute Gasteiger partial charge is 0.264 e. The molecule has 0 saturated carbocycles. The molecule has 0 bridgehead atoms. The first-order valence-electron chi connectivity index (χ1n) is 14.2. The molecule has 7 nitrogen and oxygen atoms in total. The Hall–Kier alpha value is -3.56. The van der Waals surface area contributed by atoms with Gasteiger partial charge in [-0.05, 0) is 74.4 Å². The summed E-state index contributed by atoms with van der Waals surface area (Å²) in [6, 6.07) is 27.4. The van der Waals surface area contributed by atoms with Crippen LogP contribution in [-0.2, 0) is 32.6 Å². The Kier molecular flexibility index (Phi) is 11.2. The van der Waals surface area contributed by atoms with Gasteiger partial charge in [0.15, 0.2) is 0 Å². The van der Waals surface area contributed by atoms with Crippen molar-refractivity contribution in [2.75, 3.05) is 10.8 Å². The molecule has 2 amide bonds. The molecule has 0 aliphatic carbocycles. The van der Waals surface area contributed by atoms with E-state index in [1.54, 1.807) is 42.5 Å². The Labute approximate surface area is 279 Å². The Morgan fingerprint density at radius 1 is 0.778 bits per heavy atom. The molecule has 0 unspecified atom stereocenters. The van der Waals surface area contributed by atoms with Crippen LogP contribution >= 0.6 is 34.8 Å². The summed E-state index contributed by atoms with van der Waals surface area (Å²) in [5, 5.41) is 3.77. The van der Waals surface area contributed by atoms with Crippen molar-refractivity contribution in [2.45, 2.75) is 50.2 Å². The van der Waals surface area contributed by atoms with Crippen molar-refractivity contribution in [1.82, 2.24) is 10.2 Å². The first-order chi connectivity index (χ1) is 21.2. The molecule has 1 atom stereocenters. The molecule has 0 saturated heterocycles. The lowest BCUT2D eigenvalue weighted by molar-refractivity contribution is -0.140. The number of hydrogen-bond donors (Lipinski definition) is 1. The van der Waals surface area contributed by atoms with Crippen LogP contribution in [0, 0.1) is 0 Å². The van der Waals surface area contributed by atoms with Crippen LogP contribution in [0.15, 0.2) is 108 Å². The van der Waals surface area contributed by atoms with Crippen LogP contribution in [0.1, 0.15) is 31.9 Å². The highest BCUT2D eigenvalue weighted by atomic mass is 35.5. The van der Waals surface area contributed by atoms with E-state index in [4.69, 9.17) is 34.8 Å². The minimum Gasteiger partial charge on any atom is -0.350 e. The van der Waals surface area contributed by atoms with Crippen LogP contribution in [-0.4, -0.2) is 43.3 Å². The quantitative estimate of drug-likeness (QED) is 0.178. The molecular formula is C34H34Cl3N3O4S. The second kappa shape index (κ2) is 14.7. The Bertz CT molecular complexity index is 1750. The maximum Gasteiger partial charge on any atom is 0.264 e. The average molecular weight is 687 g/mol. The molecule has 0 fully saturated rings. The third-order valence-electron chi connectivity index (χ3n) is 6.80. The number of amides is 2. The minimum absolute atomic E-state index is 0.0169. The summed E-state index contributed by atoms with van der Waals surface area (Å²) in [6.45, 7) is 4.87. The largest absolute Gasteiger partial charge is 0.350 e. The zero-order valence-electron chi connectivity index (χ0n) is 25.1. The maximum absolute atomic E-state index is 14.5. The van der Waals surface area contributed by atoms with Crippen LogP contribution in [0.4, 0.5) is 5.69 Å². The molecule has 1 N–H and O–H groups in total. The third kappa shape index (κ3) is 9.23. The Morgan fingerprint density at radius 2 is 1.38 bits per heavy atom. The van der Waals surface area contributed by atoms with Gasteiger partial charge < -0.3 is 10.2 Å². The van der Waals surface area contributed by atoms with Gasteiger partial charge in [-0.15, -0.1) is 0 Å². The monoisotopic (exact) mass is 685 g/mol. The number of carbonyl (C=O) groups excluding carboxylic acids is 2. The Balaban J connectivity index is 1.84. The molecule has 4 aromatic rings. The summed E-state index contributed by atoms with van der Waals surface area (Å²) in [4.78, 5) is 29.8. The predicted molar refractivity (Wildman–Crippen MR) is 181 cm³/mol. The normalized spacial score (nSPS) is 12.3. The molecule has 0 spiro atoms. The van der Waals surface area contributed by atoms with Gasteiger partial charge in [-0.25, -0.2) is 8.42 Å². The van der Waals surface area contributed by atoms with E-state index in [0.717, 1.165) is 9.87 Å².